The summed E-state index contributed by atoms with van der Waals surface area (Å²) in [5, 5.41) is 0. The van der Waals surface area contributed by atoms with Crippen LogP contribution in [0, 0.1) is 18.2 Å². The Bertz CT molecular complexity index is 359. The van der Waals surface area contributed by atoms with Crippen LogP contribution in [0.2, 0.25) is 0 Å². The van der Waals surface area contributed by atoms with Crippen molar-refractivity contribution in [2.45, 2.75) is 13.8 Å². The standard InChI is InChI=1S/C12H15FO2/c1-9-4-3-5-10(11(9)13)15-8-12(2)6-14-7-12/h3-5H,6-8H2,1-2H3. The van der Waals surface area contributed by atoms with Crippen molar-refractivity contribution in [2.24, 2.45) is 5.41 Å². The molecule has 1 heterocycles. The summed E-state index contributed by atoms with van der Waals surface area (Å²) < 4.78 is 24.1. The molecule has 1 aliphatic heterocycles. The van der Waals surface area contributed by atoms with Crippen molar-refractivity contribution >= 4 is 0 Å². The molecular weight excluding hydrogens is 195 g/mol. The van der Waals surface area contributed by atoms with E-state index in [1.54, 1.807) is 25.1 Å². The predicted molar refractivity (Wildman–Crippen MR) is 55.6 cm³/mol. The lowest BCUT2D eigenvalue weighted by atomic mass is 9.90. The highest BCUT2D eigenvalue weighted by atomic mass is 19.1. The van der Waals surface area contributed by atoms with Gasteiger partial charge in [0.15, 0.2) is 11.6 Å². The number of aryl methyl sites for hydroxylation is 1. The molecule has 1 aliphatic rings. The molecule has 1 aromatic rings. The van der Waals surface area contributed by atoms with Crippen LogP contribution in [0.1, 0.15) is 12.5 Å². The van der Waals surface area contributed by atoms with Crippen LogP contribution in [-0.2, 0) is 4.74 Å². The molecular formula is C12H15FO2. The molecule has 0 aliphatic carbocycles. The molecule has 1 fully saturated rings. The average Bonchev–Trinajstić information content (AvgIpc) is 2.17. The number of hydrogen-bond acceptors (Lipinski definition) is 2. The summed E-state index contributed by atoms with van der Waals surface area (Å²) in [6.45, 7) is 5.70. The van der Waals surface area contributed by atoms with Gasteiger partial charge in [0, 0.05) is 5.41 Å². The third-order valence-corrected chi connectivity index (χ3v) is 2.63. The third-order valence-electron chi connectivity index (χ3n) is 2.63. The lowest BCUT2D eigenvalue weighted by Crippen LogP contribution is -2.44. The molecule has 0 radical (unpaired) electrons. The Balaban J connectivity index is 2.01. The summed E-state index contributed by atoms with van der Waals surface area (Å²) in [6.07, 6.45) is 0. The van der Waals surface area contributed by atoms with Crippen molar-refractivity contribution in [1.29, 1.82) is 0 Å². The highest BCUT2D eigenvalue weighted by Gasteiger charge is 2.34. The quantitative estimate of drug-likeness (QED) is 0.763. The van der Waals surface area contributed by atoms with E-state index in [2.05, 4.69) is 6.92 Å². The van der Waals surface area contributed by atoms with Crippen LogP contribution in [0.4, 0.5) is 4.39 Å². The van der Waals surface area contributed by atoms with E-state index in [4.69, 9.17) is 9.47 Å². The fourth-order valence-corrected chi connectivity index (χ4v) is 1.52. The van der Waals surface area contributed by atoms with Gasteiger partial charge in [0.25, 0.3) is 0 Å². The van der Waals surface area contributed by atoms with E-state index in [0.29, 0.717) is 31.1 Å². The van der Waals surface area contributed by atoms with Gasteiger partial charge >= 0.3 is 0 Å². The lowest BCUT2D eigenvalue weighted by molar-refractivity contribution is -0.120. The van der Waals surface area contributed by atoms with Gasteiger partial charge < -0.3 is 9.47 Å². The molecule has 0 amide bonds. The van der Waals surface area contributed by atoms with Crippen LogP contribution < -0.4 is 4.74 Å². The molecule has 15 heavy (non-hydrogen) atoms. The van der Waals surface area contributed by atoms with Crippen molar-refractivity contribution < 1.29 is 13.9 Å². The van der Waals surface area contributed by atoms with Crippen molar-refractivity contribution in [2.75, 3.05) is 19.8 Å². The third kappa shape index (κ3) is 2.12. The Morgan fingerprint density at radius 3 is 2.80 bits per heavy atom. The van der Waals surface area contributed by atoms with E-state index in [-0.39, 0.29) is 11.2 Å². The SMILES string of the molecule is Cc1cccc(OCC2(C)COC2)c1F. The maximum Gasteiger partial charge on any atom is 0.167 e. The molecule has 1 aromatic carbocycles. The fraction of sp³-hybridized carbons (Fsp3) is 0.500. The predicted octanol–water partition coefficient (Wildman–Crippen LogP) is 2.55. The second kappa shape index (κ2) is 3.81. The van der Waals surface area contributed by atoms with Crippen LogP contribution in [0.5, 0.6) is 5.75 Å². The van der Waals surface area contributed by atoms with E-state index in [9.17, 15) is 4.39 Å². The highest BCUT2D eigenvalue weighted by Crippen LogP contribution is 2.28. The summed E-state index contributed by atoms with van der Waals surface area (Å²) >= 11 is 0. The maximum absolute atomic E-state index is 13.5. The first-order chi connectivity index (χ1) is 7.11. The molecule has 1 saturated heterocycles. The molecule has 82 valence electrons. The van der Waals surface area contributed by atoms with Crippen molar-refractivity contribution in [3.8, 4) is 5.75 Å². The molecule has 0 N–H and O–H groups in total. The summed E-state index contributed by atoms with van der Waals surface area (Å²) in [5.74, 6) is 0.0736. The first-order valence-corrected chi connectivity index (χ1v) is 5.06. The van der Waals surface area contributed by atoms with Gasteiger partial charge in [0.05, 0.1) is 19.8 Å². The molecule has 0 spiro atoms. The summed E-state index contributed by atoms with van der Waals surface area (Å²) in [7, 11) is 0. The molecule has 0 saturated carbocycles. The number of rotatable bonds is 3. The summed E-state index contributed by atoms with van der Waals surface area (Å²) in [6, 6.07) is 5.19. The minimum absolute atomic E-state index is 0.0518. The van der Waals surface area contributed by atoms with E-state index < -0.39 is 0 Å². The highest BCUT2D eigenvalue weighted by molar-refractivity contribution is 5.30. The Kier molecular flexibility index (Phi) is 2.65. The van der Waals surface area contributed by atoms with Crippen LogP contribution in [0.3, 0.4) is 0 Å². The van der Waals surface area contributed by atoms with Crippen molar-refractivity contribution in [3.63, 3.8) is 0 Å². The molecule has 0 bridgehead atoms. The van der Waals surface area contributed by atoms with E-state index in [1.165, 1.54) is 0 Å². The van der Waals surface area contributed by atoms with Crippen LogP contribution >= 0.6 is 0 Å². The van der Waals surface area contributed by atoms with Gasteiger partial charge in [-0.15, -0.1) is 0 Å². The molecule has 3 heteroatoms. The Morgan fingerprint density at radius 1 is 1.47 bits per heavy atom. The normalized spacial score (nSPS) is 18.3. The number of benzene rings is 1. The van der Waals surface area contributed by atoms with Gasteiger partial charge in [0.2, 0.25) is 0 Å². The minimum Gasteiger partial charge on any atom is -0.490 e. The number of halogens is 1. The van der Waals surface area contributed by atoms with Gasteiger partial charge in [0.1, 0.15) is 0 Å². The molecule has 2 nitrogen and oxygen atoms in total. The Morgan fingerprint density at radius 2 is 2.20 bits per heavy atom. The smallest absolute Gasteiger partial charge is 0.167 e. The molecule has 0 aromatic heterocycles. The van der Waals surface area contributed by atoms with Crippen LogP contribution in [0.25, 0.3) is 0 Å². The van der Waals surface area contributed by atoms with Crippen LogP contribution in [-0.4, -0.2) is 19.8 Å². The van der Waals surface area contributed by atoms with E-state index in [1.807, 2.05) is 0 Å². The fourth-order valence-electron chi connectivity index (χ4n) is 1.52. The van der Waals surface area contributed by atoms with E-state index >= 15 is 0 Å². The topological polar surface area (TPSA) is 18.5 Å². The van der Waals surface area contributed by atoms with Crippen LogP contribution in [0.15, 0.2) is 18.2 Å². The Labute approximate surface area is 89.0 Å². The van der Waals surface area contributed by atoms with Gasteiger partial charge in [-0.2, -0.15) is 0 Å². The zero-order valence-corrected chi connectivity index (χ0v) is 9.05. The first kappa shape index (κ1) is 10.4. The monoisotopic (exact) mass is 210 g/mol. The van der Waals surface area contributed by atoms with Gasteiger partial charge in [-0.25, -0.2) is 4.39 Å². The van der Waals surface area contributed by atoms with Crippen molar-refractivity contribution in [3.05, 3.63) is 29.6 Å². The molecule has 2 rings (SSSR count). The Hall–Kier alpha value is -1.09. The maximum atomic E-state index is 13.5. The van der Waals surface area contributed by atoms with E-state index in [0.717, 1.165) is 0 Å². The largest absolute Gasteiger partial charge is 0.490 e. The summed E-state index contributed by atoms with van der Waals surface area (Å²) in [5.41, 5.74) is 0.665. The minimum atomic E-state index is -0.263. The zero-order chi connectivity index (χ0) is 10.9. The summed E-state index contributed by atoms with van der Waals surface area (Å²) in [4.78, 5) is 0. The molecule has 0 atom stereocenters. The second-order valence-corrected chi connectivity index (χ2v) is 4.48. The molecule has 0 unspecified atom stereocenters. The number of ether oxygens (including phenoxy) is 2. The second-order valence-electron chi connectivity index (χ2n) is 4.48. The zero-order valence-electron chi connectivity index (χ0n) is 9.05. The average molecular weight is 210 g/mol. The number of hydrogen-bond donors (Lipinski definition) is 0. The first-order valence-electron chi connectivity index (χ1n) is 5.06. The van der Waals surface area contributed by atoms with Gasteiger partial charge in [-0.3, -0.25) is 0 Å². The lowest BCUT2D eigenvalue weighted by Gasteiger charge is -2.37. The van der Waals surface area contributed by atoms with Gasteiger partial charge in [-0.1, -0.05) is 19.1 Å². The van der Waals surface area contributed by atoms with Gasteiger partial charge in [-0.05, 0) is 18.6 Å². The van der Waals surface area contributed by atoms with Crippen molar-refractivity contribution in [1.82, 2.24) is 0 Å².